The Hall–Kier alpha value is 0.775. The first kappa shape index (κ1) is 16.8. The molecule has 18 heavy (non-hydrogen) atoms. The minimum absolute atomic E-state index is 0.0482. The molecule has 1 aliphatic heterocycles. The van der Waals surface area contributed by atoms with E-state index in [2.05, 4.69) is 22.6 Å². The zero-order valence-corrected chi connectivity index (χ0v) is 14.3. The van der Waals surface area contributed by atoms with Gasteiger partial charge in [0.2, 0.25) is 0 Å². The molecule has 0 aromatic heterocycles. The molecule has 1 heterocycles. The van der Waals surface area contributed by atoms with Gasteiger partial charge in [0, 0.05) is 0 Å². The van der Waals surface area contributed by atoms with Gasteiger partial charge in [0.25, 0.3) is 0 Å². The van der Waals surface area contributed by atoms with Gasteiger partial charge < -0.3 is 0 Å². The van der Waals surface area contributed by atoms with Crippen molar-refractivity contribution in [1.82, 2.24) is 0 Å². The minimum atomic E-state index is -0.0725. The van der Waals surface area contributed by atoms with Gasteiger partial charge in [-0.05, 0) is 0 Å². The van der Waals surface area contributed by atoms with E-state index in [1.54, 1.807) is 6.82 Å². The number of carbonyl (C=O) groups is 1. The van der Waals surface area contributed by atoms with E-state index in [0.29, 0.717) is 19.9 Å². The van der Waals surface area contributed by atoms with Crippen molar-refractivity contribution in [3.8, 4) is 0 Å². The topological polar surface area (TPSA) is 35.5 Å². The Balaban J connectivity index is 2.58. The summed E-state index contributed by atoms with van der Waals surface area (Å²) in [6.07, 6.45) is 1.08. The summed E-state index contributed by atoms with van der Waals surface area (Å²) < 4.78 is 13.2. The predicted molar refractivity (Wildman–Crippen MR) is 85.8 cm³/mol. The molecule has 0 saturated carbocycles. The summed E-state index contributed by atoms with van der Waals surface area (Å²) in [6.45, 7) is 6.75. The van der Waals surface area contributed by atoms with Crippen molar-refractivity contribution < 1.29 is 14.2 Å². The Kier molecular flexibility index (Phi) is 8.27. The molecule has 3 atom stereocenters. The van der Waals surface area contributed by atoms with Gasteiger partial charge in [-0.1, -0.05) is 0 Å². The molecule has 0 radical (unpaired) electrons. The molecule has 1 aliphatic rings. The molecule has 1 rings (SSSR count). The van der Waals surface area contributed by atoms with Crippen LogP contribution in [0.1, 0.15) is 26.7 Å². The van der Waals surface area contributed by atoms with E-state index in [9.17, 15) is 4.79 Å². The molecular weight excluding hydrogens is 381 g/mol. The second-order valence-electron chi connectivity index (χ2n) is 4.35. The first-order valence-corrected chi connectivity index (χ1v) is 9.03. The van der Waals surface area contributed by atoms with Gasteiger partial charge in [0.05, 0.1) is 0 Å². The number of hydrogen-bond donors (Lipinski definition) is 0. The maximum atomic E-state index is 11.9. The monoisotopic (exact) mass is 397 g/mol. The summed E-state index contributed by atoms with van der Waals surface area (Å²) in [5.41, 5.74) is 1.11. The molecule has 98 valence electrons. The van der Waals surface area contributed by atoms with Gasteiger partial charge >= 0.3 is 129 Å². The summed E-state index contributed by atoms with van der Waals surface area (Å²) in [6, 6.07) is 0. The molecule has 1 saturated heterocycles. The van der Waals surface area contributed by atoms with Crippen LogP contribution in [0.5, 0.6) is 0 Å². The Bertz CT molecular complexity index is 384. The fourth-order valence-corrected chi connectivity index (χ4v) is 2.63. The standard InChI is InChI=1S/C11H16BIO3PS/c1-7(6-13)11-5-9(14)8(2)10(16-11)3-4-15-12-17-18/h6,8,10-11H,3-5H2,1-2H3/q+1/b7-6+/t8-,10-,11-/m1/s1. The Morgan fingerprint density at radius 3 is 3.11 bits per heavy atom. The Morgan fingerprint density at radius 2 is 2.50 bits per heavy atom. The molecule has 0 unspecified atom stereocenters. The van der Waals surface area contributed by atoms with E-state index in [4.69, 9.17) is 21.2 Å². The van der Waals surface area contributed by atoms with Crippen LogP contribution in [-0.2, 0) is 26.0 Å². The number of rotatable bonds is 5. The van der Waals surface area contributed by atoms with Crippen LogP contribution in [0.25, 0.3) is 0 Å². The van der Waals surface area contributed by atoms with E-state index < -0.39 is 0 Å². The van der Waals surface area contributed by atoms with Gasteiger partial charge in [-0.15, -0.1) is 0 Å². The van der Waals surface area contributed by atoms with E-state index >= 15 is 0 Å². The summed E-state index contributed by atoms with van der Waals surface area (Å²) >= 11 is 6.91. The van der Waals surface area contributed by atoms with Crippen molar-refractivity contribution in [2.75, 3.05) is 6.61 Å². The quantitative estimate of drug-likeness (QED) is 0.309. The maximum absolute atomic E-state index is 11.9. The summed E-state index contributed by atoms with van der Waals surface area (Å²) in [4.78, 5) is 11.9. The second kappa shape index (κ2) is 8.85. The average molecular weight is 397 g/mol. The molecule has 0 amide bonds. The molecule has 0 aliphatic carbocycles. The number of ketones is 1. The summed E-state index contributed by atoms with van der Waals surface area (Å²) in [7, 11) is 0. The van der Waals surface area contributed by atoms with Crippen LogP contribution in [0.2, 0.25) is 0 Å². The third-order valence-corrected chi connectivity index (χ3v) is 4.58. The van der Waals surface area contributed by atoms with Gasteiger partial charge in [0.15, 0.2) is 0 Å². The SMILES string of the molecule is C/C(=C\I)[C@H]1CC(=O)[C@@H](C)[C@@H](CCOB=[P+]=S)O1. The zero-order chi connectivity index (χ0) is 13.5. The van der Waals surface area contributed by atoms with Gasteiger partial charge in [-0.3, -0.25) is 0 Å². The van der Waals surface area contributed by atoms with Crippen molar-refractivity contribution in [2.24, 2.45) is 5.92 Å². The Morgan fingerprint density at radius 1 is 1.78 bits per heavy atom. The second-order valence-corrected chi connectivity index (χ2v) is 6.02. The van der Waals surface area contributed by atoms with Crippen LogP contribution >= 0.6 is 29.4 Å². The molecule has 3 nitrogen and oxygen atoms in total. The molecule has 1 fully saturated rings. The summed E-state index contributed by atoms with van der Waals surface area (Å²) in [5, 5.41) is 0. The molecular formula is C11H16BIO3PS+. The Labute approximate surface area is 129 Å². The van der Waals surface area contributed by atoms with Crippen molar-refractivity contribution in [3.63, 3.8) is 0 Å². The fourth-order valence-electron chi connectivity index (χ4n) is 1.88. The number of hydrogen-bond acceptors (Lipinski definition) is 4. The van der Waals surface area contributed by atoms with E-state index in [0.717, 1.165) is 12.0 Å². The van der Waals surface area contributed by atoms with Crippen LogP contribution in [0, 0.1) is 5.92 Å². The average Bonchev–Trinajstić information content (AvgIpc) is 2.38. The zero-order valence-electron chi connectivity index (χ0n) is 10.5. The first-order valence-electron chi connectivity index (χ1n) is 5.81. The van der Waals surface area contributed by atoms with Gasteiger partial charge in [-0.25, -0.2) is 0 Å². The van der Waals surface area contributed by atoms with Crippen LogP contribution in [-0.4, -0.2) is 31.4 Å². The van der Waals surface area contributed by atoms with Crippen LogP contribution in [0.15, 0.2) is 9.66 Å². The fraction of sp³-hybridized carbons (Fsp3) is 0.727. The molecule has 0 N–H and O–H groups in total. The van der Waals surface area contributed by atoms with Gasteiger partial charge in [0.1, 0.15) is 0 Å². The third-order valence-electron chi connectivity index (χ3n) is 3.11. The number of Topliss-reactive ketones (excluding diaryl/α,β-unsaturated/α-hetero) is 1. The van der Waals surface area contributed by atoms with Crippen LogP contribution in [0.3, 0.4) is 0 Å². The van der Waals surface area contributed by atoms with Crippen LogP contribution < -0.4 is 0 Å². The number of ether oxygens (including phenoxy) is 1. The van der Waals surface area contributed by atoms with Gasteiger partial charge in [-0.2, -0.15) is 0 Å². The molecule has 0 spiro atoms. The first-order chi connectivity index (χ1) is 8.60. The van der Waals surface area contributed by atoms with Crippen molar-refractivity contribution >= 4 is 53.8 Å². The molecule has 0 aromatic carbocycles. The van der Waals surface area contributed by atoms with Crippen molar-refractivity contribution in [1.29, 1.82) is 0 Å². The number of halogens is 1. The van der Waals surface area contributed by atoms with E-state index in [1.165, 1.54) is 0 Å². The molecule has 7 heteroatoms. The van der Waals surface area contributed by atoms with E-state index in [-0.39, 0.29) is 23.9 Å². The molecule has 0 bridgehead atoms. The van der Waals surface area contributed by atoms with Crippen LogP contribution in [0.4, 0.5) is 0 Å². The van der Waals surface area contributed by atoms with Crippen molar-refractivity contribution in [2.45, 2.75) is 38.9 Å². The summed E-state index contributed by atoms with van der Waals surface area (Å²) in [5.74, 6) is 0.229. The van der Waals surface area contributed by atoms with Crippen molar-refractivity contribution in [3.05, 3.63) is 9.66 Å². The van der Waals surface area contributed by atoms with E-state index in [1.807, 2.05) is 17.9 Å². The molecule has 0 aromatic rings. The predicted octanol–water partition coefficient (Wildman–Crippen LogP) is 3.04. The normalized spacial score (nSPS) is 28.9. The number of carbonyl (C=O) groups excluding carboxylic acids is 1. The third kappa shape index (κ3) is 5.04.